The van der Waals surface area contributed by atoms with Crippen molar-refractivity contribution in [3.8, 4) is 0 Å². The van der Waals surface area contributed by atoms with E-state index in [0.717, 1.165) is 25.7 Å². The number of rotatable bonds is 11. The van der Waals surface area contributed by atoms with Crippen LogP contribution in [0.4, 0.5) is 0 Å². The predicted octanol–water partition coefficient (Wildman–Crippen LogP) is 3.24. The van der Waals surface area contributed by atoms with Crippen LogP contribution in [0.15, 0.2) is 0 Å². The third-order valence-electron chi connectivity index (χ3n) is 3.51. The van der Waals surface area contributed by atoms with Gasteiger partial charge >= 0.3 is 8.56 Å². The first-order chi connectivity index (χ1) is 8.98. The third kappa shape index (κ3) is 5.16. The van der Waals surface area contributed by atoms with Crippen LogP contribution in [0.3, 0.4) is 0 Å². The predicted molar refractivity (Wildman–Crippen MR) is 78.5 cm³/mol. The van der Waals surface area contributed by atoms with E-state index < -0.39 is 14.1 Å². The fourth-order valence-electron chi connectivity index (χ4n) is 2.37. The van der Waals surface area contributed by atoms with Gasteiger partial charge in [0.05, 0.1) is 0 Å². The van der Waals surface area contributed by atoms with Crippen LogP contribution >= 0.6 is 0 Å². The summed E-state index contributed by atoms with van der Waals surface area (Å²) < 4.78 is 11.2. The van der Waals surface area contributed by atoms with E-state index in [2.05, 4.69) is 6.92 Å². The topological polar surface area (TPSA) is 52.6 Å². The second-order valence-electron chi connectivity index (χ2n) is 4.94. The largest absolute Gasteiger partial charge is 0.397 e. The Labute approximate surface area is 118 Å². The average Bonchev–Trinajstić information content (AvgIpc) is 2.40. The smallest absolute Gasteiger partial charge is 0.356 e. The maximum atomic E-state index is 12.3. The standard InChI is InChI=1S/C14H28O4Si/c1-6-8-10-13(16)14(12(3)15)19(17-4,18-5)11-9-7-2/h14H,6-11H2,1-5H3. The summed E-state index contributed by atoms with van der Waals surface area (Å²) in [6.07, 6.45) is 4.11. The van der Waals surface area contributed by atoms with Gasteiger partial charge in [0.1, 0.15) is 17.1 Å². The van der Waals surface area contributed by atoms with Gasteiger partial charge in [-0.15, -0.1) is 0 Å². The van der Waals surface area contributed by atoms with Gasteiger partial charge in [0.2, 0.25) is 0 Å². The molecule has 0 fully saturated rings. The van der Waals surface area contributed by atoms with Crippen molar-refractivity contribution in [2.75, 3.05) is 14.2 Å². The molecular formula is C14H28O4Si. The minimum absolute atomic E-state index is 0.0131. The summed E-state index contributed by atoms with van der Waals surface area (Å²) in [6, 6.07) is 0.693. The van der Waals surface area contributed by atoms with Gasteiger partial charge in [-0.1, -0.05) is 33.1 Å². The zero-order valence-corrected chi connectivity index (χ0v) is 14.0. The molecule has 1 atom stereocenters. The number of Topliss-reactive ketones (excluding diaryl/α,β-unsaturated/α-hetero) is 2. The maximum absolute atomic E-state index is 12.3. The van der Waals surface area contributed by atoms with Crippen LogP contribution in [-0.4, -0.2) is 34.3 Å². The van der Waals surface area contributed by atoms with Crippen molar-refractivity contribution in [1.82, 2.24) is 0 Å². The van der Waals surface area contributed by atoms with E-state index in [4.69, 9.17) is 8.85 Å². The average molecular weight is 288 g/mol. The number of carbonyl (C=O) groups is 2. The molecule has 5 heteroatoms. The lowest BCUT2D eigenvalue weighted by Gasteiger charge is -2.33. The number of carbonyl (C=O) groups excluding carboxylic acids is 2. The summed E-state index contributed by atoms with van der Waals surface area (Å²) in [5.41, 5.74) is -0.680. The summed E-state index contributed by atoms with van der Waals surface area (Å²) in [5.74, 6) is -0.131. The van der Waals surface area contributed by atoms with Crippen molar-refractivity contribution >= 4 is 20.1 Å². The molecule has 0 amide bonds. The second kappa shape index (κ2) is 9.39. The molecule has 112 valence electrons. The molecule has 0 saturated heterocycles. The Hall–Kier alpha value is -0.523. The zero-order valence-electron chi connectivity index (χ0n) is 13.0. The number of unbranched alkanes of at least 4 members (excludes halogenated alkanes) is 2. The molecule has 0 spiro atoms. The van der Waals surface area contributed by atoms with Gasteiger partial charge in [0.25, 0.3) is 0 Å². The van der Waals surface area contributed by atoms with Crippen LogP contribution in [-0.2, 0) is 18.4 Å². The summed E-state index contributed by atoms with van der Waals surface area (Å²) >= 11 is 0. The number of ketones is 2. The Kier molecular flexibility index (Phi) is 9.13. The molecule has 0 aliphatic rings. The molecule has 0 N–H and O–H groups in total. The van der Waals surface area contributed by atoms with Crippen molar-refractivity contribution in [3.63, 3.8) is 0 Å². The Morgan fingerprint density at radius 1 is 1.05 bits per heavy atom. The van der Waals surface area contributed by atoms with Crippen LogP contribution in [0.2, 0.25) is 11.6 Å². The van der Waals surface area contributed by atoms with Crippen molar-refractivity contribution in [2.45, 2.75) is 64.5 Å². The fraction of sp³-hybridized carbons (Fsp3) is 0.857. The summed E-state index contributed by atoms with van der Waals surface area (Å²) in [5, 5.41) is 0. The minimum Gasteiger partial charge on any atom is -0.397 e. The van der Waals surface area contributed by atoms with E-state index in [1.807, 2.05) is 6.92 Å². The first-order valence-corrected chi connectivity index (χ1v) is 9.22. The highest BCUT2D eigenvalue weighted by Gasteiger charge is 2.50. The van der Waals surface area contributed by atoms with Gasteiger partial charge in [-0.25, -0.2) is 0 Å². The molecule has 0 aromatic heterocycles. The summed E-state index contributed by atoms with van der Waals surface area (Å²) in [7, 11) is 0.359. The molecule has 1 unspecified atom stereocenters. The molecule has 19 heavy (non-hydrogen) atoms. The van der Waals surface area contributed by atoms with Gasteiger partial charge in [0.15, 0.2) is 0 Å². The molecule has 0 bridgehead atoms. The Bertz CT molecular complexity index is 287. The molecule has 0 radical (unpaired) electrons. The molecule has 0 aromatic carbocycles. The molecule has 0 aliphatic carbocycles. The highest BCUT2D eigenvalue weighted by atomic mass is 28.4. The van der Waals surface area contributed by atoms with E-state index in [-0.39, 0.29) is 11.6 Å². The van der Waals surface area contributed by atoms with Gasteiger partial charge in [-0.05, 0) is 19.4 Å². The molecule has 0 aliphatic heterocycles. The summed E-state index contributed by atoms with van der Waals surface area (Å²) in [6.45, 7) is 5.58. The number of hydrogen-bond donors (Lipinski definition) is 0. The first-order valence-electron chi connectivity index (χ1n) is 7.12. The fourth-order valence-corrected chi connectivity index (χ4v) is 5.80. The molecule has 0 aromatic rings. The van der Waals surface area contributed by atoms with Crippen molar-refractivity contribution in [3.05, 3.63) is 0 Å². The van der Waals surface area contributed by atoms with Crippen molar-refractivity contribution in [2.24, 2.45) is 0 Å². The van der Waals surface area contributed by atoms with Crippen LogP contribution in [0, 0.1) is 0 Å². The molecule has 0 rings (SSSR count). The minimum atomic E-state index is -2.77. The Balaban J connectivity index is 5.15. The van der Waals surface area contributed by atoms with Crippen LogP contribution < -0.4 is 0 Å². The SMILES string of the molecule is CCCCC(=O)C(C(C)=O)[Si](CCCC)(OC)OC. The van der Waals surface area contributed by atoms with Gasteiger partial charge < -0.3 is 8.85 Å². The normalized spacial score (nSPS) is 13.3. The molecule has 0 saturated carbocycles. The molecular weight excluding hydrogens is 260 g/mol. The lowest BCUT2D eigenvalue weighted by Crippen LogP contribution is -2.50. The quantitative estimate of drug-likeness (QED) is 0.432. The lowest BCUT2D eigenvalue weighted by molar-refractivity contribution is -0.127. The van der Waals surface area contributed by atoms with E-state index in [1.54, 1.807) is 14.2 Å². The van der Waals surface area contributed by atoms with Gasteiger partial charge in [-0.3, -0.25) is 9.59 Å². The van der Waals surface area contributed by atoms with Crippen molar-refractivity contribution in [1.29, 1.82) is 0 Å². The second-order valence-corrected chi connectivity index (χ2v) is 8.45. The van der Waals surface area contributed by atoms with Gasteiger partial charge in [-0.2, -0.15) is 0 Å². The van der Waals surface area contributed by atoms with E-state index in [0.29, 0.717) is 12.5 Å². The molecule has 0 heterocycles. The third-order valence-corrected chi connectivity index (χ3v) is 7.56. The van der Waals surface area contributed by atoms with Gasteiger partial charge in [0, 0.05) is 20.6 Å². The monoisotopic (exact) mass is 288 g/mol. The Morgan fingerprint density at radius 3 is 1.95 bits per heavy atom. The number of hydrogen-bond acceptors (Lipinski definition) is 4. The summed E-state index contributed by atoms with van der Waals surface area (Å²) in [4.78, 5) is 24.3. The Morgan fingerprint density at radius 2 is 1.58 bits per heavy atom. The zero-order chi connectivity index (χ0) is 14.9. The van der Waals surface area contributed by atoms with Crippen LogP contribution in [0.5, 0.6) is 0 Å². The first kappa shape index (κ1) is 18.5. The van der Waals surface area contributed by atoms with Crippen molar-refractivity contribution < 1.29 is 18.4 Å². The van der Waals surface area contributed by atoms with E-state index in [9.17, 15) is 9.59 Å². The van der Waals surface area contributed by atoms with Crippen LogP contribution in [0.1, 0.15) is 52.9 Å². The highest BCUT2D eigenvalue weighted by Crippen LogP contribution is 2.32. The van der Waals surface area contributed by atoms with Crippen LogP contribution in [0.25, 0.3) is 0 Å². The van der Waals surface area contributed by atoms with E-state index >= 15 is 0 Å². The lowest BCUT2D eigenvalue weighted by atomic mass is 10.1. The highest BCUT2D eigenvalue weighted by molar-refractivity contribution is 6.76. The van der Waals surface area contributed by atoms with E-state index in [1.165, 1.54) is 6.92 Å². The maximum Gasteiger partial charge on any atom is 0.356 e. The molecule has 4 nitrogen and oxygen atoms in total.